The van der Waals surface area contributed by atoms with Crippen LogP contribution in [0.4, 0.5) is 0 Å². The lowest BCUT2D eigenvalue weighted by Crippen LogP contribution is -2.26. The maximum atomic E-state index is 6.28. The van der Waals surface area contributed by atoms with Crippen molar-refractivity contribution in [1.29, 1.82) is 0 Å². The number of pyridine rings is 1. The van der Waals surface area contributed by atoms with Crippen LogP contribution in [0.25, 0.3) is 11.2 Å². The zero-order valence-electron chi connectivity index (χ0n) is 12.3. The molecule has 0 radical (unpaired) electrons. The van der Waals surface area contributed by atoms with Gasteiger partial charge in [0.1, 0.15) is 11.3 Å². The lowest BCUT2D eigenvalue weighted by Gasteiger charge is -2.30. The van der Waals surface area contributed by atoms with Gasteiger partial charge in [0, 0.05) is 12.7 Å². The van der Waals surface area contributed by atoms with Gasteiger partial charge >= 0.3 is 0 Å². The monoisotopic (exact) mass is 279 g/mol. The molecule has 0 aliphatic carbocycles. The normalized spacial score (nSPS) is 14.3. The zero-order valence-corrected chi connectivity index (χ0v) is 13.1. The van der Waals surface area contributed by atoms with Gasteiger partial charge in [0.15, 0.2) is 5.65 Å². The molecule has 0 bridgehead atoms. The molecule has 0 N–H and O–H groups in total. The second kappa shape index (κ2) is 5.12. The van der Waals surface area contributed by atoms with Crippen LogP contribution in [0.1, 0.15) is 45.8 Å². The van der Waals surface area contributed by atoms with E-state index in [0.29, 0.717) is 5.92 Å². The van der Waals surface area contributed by atoms with E-state index < -0.39 is 0 Å². The van der Waals surface area contributed by atoms with Gasteiger partial charge in [0.05, 0.1) is 5.38 Å². The first kappa shape index (κ1) is 14.3. The number of imidazole rings is 1. The van der Waals surface area contributed by atoms with Gasteiger partial charge in [-0.2, -0.15) is 0 Å². The van der Waals surface area contributed by atoms with Crippen LogP contribution in [0.15, 0.2) is 18.3 Å². The highest BCUT2D eigenvalue weighted by Crippen LogP contribution is 2.32. The SMILES string of the molecule is CC(Cl)c1nc2cccnc2n1CC(C)(C)C(C)C. The molecule has 0 fully saturated rings. The number of alkyl halides is 1. The number of rotatable bonds is 4. The van der Waals surface area contributed by atoms with Gasteiger partial charge in [-0.05, 0) is 30.4 Å². The molecule has 2 aromatic heterocycles. The number of hydrogen-bond donors (Lipinski definition) is 0. The topological polar surface area (TPSA) is 30.7 Å². The summed E-state index contributed by atoms with van der Waals surface area (Å²) in [6, 6.07) is 3.90. The highest BCUT2D eigenvalue weighted by atomic mass is 35.5. The minimum Gasteiger partial charge on any atom is -0.311 e. The quantitative estimate of drug-likeness (QED) is 0.776. The number of fused-ring (bicyclic) bond motifs is 1. The Balaban J connectivity index is 2.54. The predicted octanol–water partition coefficient (Wildman–Crippen LogP) is 4.41. The third-order valence-corrected chi connectivity index (χ3v) is 4.21. The lowest BCUT2D eigenvalue weighted by atomic mass is 9.81. The molecule has 0 spiro atoms. The van der Waals surface area contributed by atoms with Gasteiger partial charge in [-0.25, -0.2) is 9.97 Å². The van der Waals surface area contributed by atoms with Crippen LogP contribution in [0, 0.1) is 11.3 Å². The van der Waals surface area contributed by atoms with Gasteiger partial charge in [-0.1, -0.05) is 27.7 Å². The summed E-state index contributed by atoms with van der Waals surface area (Å²) in [6.07, 6.45) is 1.81. The van der Waals surface area contributed by atoms with E-state index in [1.54, 1.807) is 0 Å². The molecule has 104 valence electrons. The molecule has 2 aromatic rings. The Kier molecular flexibility index (Phi) is 3.86. The number of hydrogen-bond acceptors (Lipinski definition) is 2. The molecule has 3 nitrogen and oxygen atoms in total. The molecule has 0 amide bonds. The van der Waals surface area contributed by atoms with Crippen LogP contribution < -0.4 is 0 Å². The molecule has 4 heteroatoms. The molecule has 1 atom stereocenters. The van der Waals surface area contributed by atoms with Crippen molar-refractivity contribution < 1.29 is 0 Å². The second-order valence-electron chi connectivity index (χ2n) is 6.16. The van der Waals surface area contributed by atoms with Crippen LogP contribution in [-0.4, -0.2) is 14.5 Å². The van der Waals surface area contributed by atoms with Crippen LogP contribution in [0.5, 0.6) is 0 Å². The molecule has 0 aromatic carbocycles. The van der Waals surface area contributed by atoms with E-state index in [1.807, 2.05) is 25.3 Å². The van der Waals surface area contributed by atoms with Crippen molar-refractivity contribution in [1.82, 2.24) is 14.5 Å². The van der Waals surface area contributed by atoms with Crippen LogP contribution in [0.2, 0.25) is 0 Å². The van der Waals surface area contributed by atoms with Crippen molar-refractivity contribution in [2.45, 2.75) is 46.5 Å². The van der Waals surface area contributed by atoms with Crippen molar-refractivity contribution >= 4 is 22.8 Å². The number of halogens is 1. The Morgan fingerprint density at radius 1 is 1.32 bits per heavy atom. The summed E-state index contributed by atoms with van der Waals surface area (Å²) in [5.41, 5.74) is 2.02. The first-order valence-corrected chi connectivity index (χ1v) is 7.22. The molecule has 2 rings (SSSR count). The summed E-state index contributed by atoms with van der Waals surface area (Å²) >= 11 is 6.28. The van der Waals surface area contributed by atoms with E-state index in [0.717, 1.165) is 23.5 Å². The van der Waals surface area contributed by atoms with E-state index in [9.17, 15) is 0 Å². The zero-order chi connectivity index (χ0) is 14.2. The summed E-state index contributed by atoms with van der Waals surface area (Å²) in [5, 5.41) is -0.114. The first-order chi connectivity index (χ1) is 8.83. The maximum absolute atomic E-state index is 6.28. The largest absolute Gasteiger partial charge is 0.311 e. The minimum atomic E-state index is -0.114. The number of aromatic nitrogens is 3. The lowest BCUT2D eigenvalue weighted by molar-refractivity contribution is 0.210. The average molecular weight is 280 g/mol. The summed E-state index contributed by atoms with van der Waals surface area (Å²) in [6.45, 7) is 11.9. The fourth-order valence-corrected chi connectivity index (χ4v) is 2.19. The molecule has 19 heavy (non-hydrogen) atoms. The van der Waals surface area contributed by atoms with Gasteiger partial charge in [-0.15, -0.1) is 11.6 Å². The van der Waals surface area contributed by atoms with Crippen molar-refractivity contribution in [2.24, 2.45) is 11.3 Å². The minimum absolute atomic E-state index is 0.114. The highest BCUT2D eigenvalue weighted by molar-refractivity contribution is 6.20. The van der Waals surface area contributed by atoms with Gasteiger partial charge in [0.25, 0.3) is 0 Å². The van der Waals surface area contributed by atoms with E-state index in [2.05, 4.69) is 42.2 Å². The Labute approximate surface area is 120 Å². The Hall–Kier alpha value is -1.09. The second-order valence-corrected chi connectivity index (χ2v) is 6.82. The van der Waals surface area contributed by atoms with Crippen LogP contribution in [0.3, 0.4) is 0 Å². The molecule has 1 unspecified atom stereocenters. The van der Waals surface area contributed by atoms with E-state index in [1.165, 1.54) is 0 Å². The summed E-state index contributed by atoms with van der Waals surface area (Å²) in [5.74, 6) is 1.48. The molecular formula is C15H22ClN3. The standard InChI is InChI=1S/C15H22ClN3/c1-10(2)15(4,5)9-19-13(11(3)16)18-12-7-6-8-17-14(12)19/h6-8,10-11H,9H2,1-5H3. The van der Waals surface area contributed by atoms with E-state index in [4.69, 9.17) is 11.6 Å². The molecular weight excluding hydrogens is 258 g/mol. The van der Waals surface area contributed by atoms with Gasteiger partial charge < -0.3 is 4.57 Å². The number of nitrogens with zero attached hydrogens (tertiary/aromatic N) is 3. The van der Waals surface area contributed by atoms with Gasteiger partial charge in [0.2, 0.25) is 0 Å². The Morgan fingerprint density at radius 3 is 2.58 bits per heavy atom. The predicted molar refractivity (Wildman–Crippen MR) is 80.4 cm³/mol. The van der Waals surface area contributed by atoms with Crippen molar-refractivity contribution in [3.63, 3.8) is 0 Å². The maximum Gasteiger partial charge on any atom is 0.160 e. The van der Waals surface area contributed by atoms with Crippen LogP contribution in [-0.2, 0) is 6.54 Å². The van der Waals surface area contributed by atoms with Crippen molar-refractivity contribution in [3.05, 3.63) is 24.2 Å². The molecule has 0 saturated carbocycles. The first-order valence-electron chi connectivity index (χ1n) is 6.78. The third-order valence-electron chi connectivity index (χ3n) is 4.02. The fourth-order valence-electron chi connectivity index (χ4n) is 2.03. The molecule has 2 heterocycles. The third kappa shape index (κ3) is 2.76. The summed E-state index contributed by atoms with van der Waals surface area (Å²) in [4.78, 5) is 9.09. The van der Waals surface area contributed by atoms with E-state index in [-0.39, 0.29) is 10.8 Å². The van der Waals surface area contributed by atoms with Crippen LogP contribution >= 0.6 is 11.6 Å². The molecule has 0 aliphatic heterocycles. The molecule has 0 aliphatic rings. The fraction of sp³-hybridized carbons (Fsp3) is 0.600. The molecule has 0 saturated heterocycles. The smallest absolute Gasteiger partial charge is 0.160 e. The summed E-state index contributed by atoms with van der Waals surface area (Å²) in [7, 11) is 0. The highest BCUT2D eigenvalue weighted by Gasteiger charge is 2.26. The van der Waals surface area contributed by atoms with E-state index >= 15 is 0 Å². The van der Waals surface area contributed by atoms with Crippen molar-refractivity contribution in [3.8, 4) is 0 Å². The van der Waals surface area contributed by atoms with Gasteiger partial charge in [-0.3, -0.25) is 0 Å². The van der Waals surface area contributed by atoms with Crippen molar-refractivity contribution in [2.75, 3.05) is 0 Å². The Morgan fingerprint density at radius 2 is 2.00 bits per heavy atom. The Bertz CT molecular complexity index is 570. The summed E-state index contributed by atoms with van der Waals surface area (Å²) < 4.78 is 2.17. The average Bonchev–Trinajstić information content (AvgIpc) is 2.68.